The number of hydrogen-bond donors (Lipinski definition) is 1. The second-order valence-corrected chi connectivity index (χ2v) is 8.43. The number of nitro benzene ring substituents is 1. The Morgan fingerprint density at radius 1 is 1.23 bits per heavy atom. The molecule has 0 aromatic heterocycles. The number of hydrogen-bond acceptors (Lipinski definition) is 5. The van der Waals surface area contributed by atoms with Crippen LogP contribution in [0.5, 0.6) is 0 Å². The van der Waals surface area contributed by atoms with Gasteiger partial charge in [-0.1, -0.05) is 35.9 Å². The van der Waals surface area contributed by atoms with Crippen molar-refractivity contribution in [2.75, 3.05) is 19.6 Å². The molecular weight excluding hydrogens is 378 g/mol. The van der Waals surface area contributed by atoms with Crippen LogP contribution in [0.1, 0.15) is 17.2 Å². The normalized spacial score (nSPS) is 18.6. The zero-order valence-corrected chi connectivity index (χ0v) is 15.4. The van der Waals surface area contributed by atoms with Crippen LogP contribution in [-0.4, -0.2) is 37.3 Å². The van der Waals surface area contributed by atoms with Gasteiger partial charge in [-0.25, -0.2) is 8.42 Å². The van der Waals surface area contributed by atoms with Crippen LogP contribution in [-0.2, 0) is 15.8 Å². The molecule has 2 aromatic rings. The van der Waals surface area contributed by atoms with Crippen molar-refractivity contribution in [3.8, 4) is 0 Å². The first-order valence-electron chi connectivity index (χ1n) is 8.06. The predicted octanol–water partition coefficient (Wildman–Crippen LogP) is 2.72. The van der Waals surface area contributed by atoms with Gasteiger partial charge in [0.1, 0.15) is 0 Å². The minimum Gasteiger partial charge on any atom is -0.313 e. The molecule has 0 amide bonds. The summed E-state index contributed by atoms with van der Waals surface area (Å²) in [6.07, 6.45) is 0. The Kier molecular flexibility index (Phi) is 5.57. The number of non-ortho nitro benzene ring substituents is 1. The highest BCUT2D eigenvalue weighted by Gasteiger charge is 2.33. The molecule has 9 heteroatoms. The van der Waals surface area contributed by atoms with E-state index in [4.69, 9.17) is 11.6 Å². The summed E-state index contributed by atoms with van der Waals surface area (Å²) in [7, 11) is -3.66. The lowest BCUT2D eigenvalue weighted by Crippen LogP contribution is -2.48. The topological polar surface area (TPSA) is 92.5 Å². The summed E-state index contributed by atoms with van der Waals surface area (Å²) in [5.41, 5.74) is 1.08. The number of rotatable bonds is 5. The van der Waals surface area contributed by atoms with Gasteiger partial charge in [0.2, 0.25) is 10.0 Å². The largest absolute Gasteiger partial charge is 0.313 e. The third kappa shape index (κ3) is 4.21. The van der Waals surface area contributed by atoms with Gasteiger partial charge in [-0.05, 0) is 23.3 Å². The Bertz CT molecular complexity index is 920. The van der Waals surface area contributed by atoms with Crippen LogP contribution in [0.4, 0.5) is 5.69 Å². The van der Waals surface area contributed by atoms with Crippen LogP contribution >= 0.6 is 11.6 Å². The van der Waals surface area contributed by atoms with Gasteiger partial charge in [-0.2, -0.15) is 4.31 Å². The molecule has 0 aliphatic carbocycles. The summed E-state index contributed by atoms with van der Waals surface area (Å²) in [5, 5.41) is 14.7. The van der Waals surface area contributed by atoms with Crippen molar-refractivity contribution in [2.24, 2.45) is 0 Å². The fraction of sp³-hybridized carbons (Fsp3) is 0.294. The first-order valence-corrected chi connectivity index (χ1v) is 10.0. The van der Waals surface area contributed by atoms with Crippen molar-refractivity contribution >= 4 is 27.3 Å². The van der Waals surface area contributed by atoms with Gasteiger partial charge in [0.25, 0.3) is 5.69 Å². The van der Waals surface area contributed by atoms with E-state index in [-0.39, 0.29) is 17.5 Å². The molecule has 2 aromatic carbocycles. The number of piperazine rings is 1. The minimum absolute atomic E-state index is 0.121. The molecule has 0 saturated carbocycles. The van der Waals surface area contributed by atoms with E-state index in [1.165, 1.54) is 22.5 Å². The summed E-state index contributed by atoms with van der Waals surface area (Å²) >= 11 is 6.05. The van der Waals surface area contributed by atoms with E-state index < -0.39 is 14.9 Å². The van der Waals surface area contributed by atoms with Crippen LogP contribution in [0.2, 0.25) is 5.02 Å². The first kappa shape index (κ1) is 18.8. The average molecular weight is 396 g/mol. The van der Waals surface area contributed by atoms with E-state index in [0.29, 0.717) is 30.2 Å². The second kappa shape index (κ2) is 7.71. The molecule has 7 nitrogen and oxygen atoms in total. The van der Waals surface area contributed by atoms with E-state index in [0.717, 1.165) is 5.56 Å². The highest BCUT2D eigenvalue weighted by Crippen LogP contribution is 2.29. The highest BCUT2D eigenvalue weighted by atomic mass is 35.5. The Labute approximate surface area is 156 Å². The molecule has 1 aliphatic heterocycles. The van der Waals surface area contributed by atoms with Crippen LogP contribution < -0.4 is 5.32 Å². The van der Waals surface area contributed by atoms with Gasteiger partial charge in [-0.15, -0.1) is 0 Å². The molecule has 1 saturated heterocycles. The lowest BCUT2D eigenvalue weighted by atomic mass is 10.1. The fourth-order valence-corrected chi connectivity index (χ4v) is 4.99. The van der Waals surface area contributed by atoms with Gasteiger partial charge >= 0.3 is 0 Å². The van der Waals surface area contributed by atoms with E-state index in [1.807, 2.05) is 6.07 Å². The van der Waals surface area contributed by atoms with Crippen molar-refractivity contribution < 1.29 is 13.3 Å². The molecule has 138 valence electrons. The molecule has 1 atom stereocenters. The lowest BCUT2D eigenvalue weighted by Gasteiger charge is -2.35. The highest BCUT2D eigenvalue weighted by molar-refractivity contribution is 7.88. The van der Waals surface area contributed by atoms with Crippen molar-refractivity contribution in [2.45, 2.75) is 11.8 Å². The maximum atomic E-state index is 13.0. The molecule has 1 unspecified atom stereocenters. The molecule has 0 spiro atoms. The smallest absolute Gasteiger partial charge is 0.269 e. The number of nitro groups is 1. The zero-order chi connectivity index (χ0) is 18.7. The van der Waals surface area contributed by atoms with Crippen molar-refractivity contribution in [1.82, 2.24) is 9.62 Å². The molecule has 0 radical (unpaired) electrons. The summed E-state index contributed by atoms with van der Waals surface area (Å²) in [6, 6.07) is 12.5. The van der Waals surface area contributed by atoms with Gasteiger partial charge in [0.15, 0.2) is 0 Å². The van der Waals surface area contributed by atoms with Gasteiger partial charge in [0, 0.05) is 36.8 Å². The number of sulfonamides is 1. The van der Waals surface area contributed by atoms with Crippen LogP contribution in [0.3, 0.4) is 0 Å². The van der Waals surface area contributed by atoms with Gasteiger partial charge in [-0.3, -0.25) is 10.1 Å². The maximum Gasteiger partial charge on any atom is 0.269 e. The summed E-state index contributed by atoms with van der Waals surface area (Å²) in [5.74, 6) is -0.286. The number of nitrogens with one attached hydrogen (secondary N) is 1. The van der Waals surface area contributed by atoms with Gasteiger partial charge in [0.05, 0.1) is 16.7 Å². The third-order valence-corrected chi connectivity index (χ3v) is 6.34. The molecular formula is C17H18ClN3O4S. The molecule has 26 heavy (non-hydrogen) atoms. The summed E-state index contributed by atoms with van der Waals surface area (Å²) in [4.78, 5) is 10.4. The Morgan fingerprint density at radius 2 is 2.00 bits per heavy atom. The molecule has 1 aliphatic rings. The quantitative estimate of drug-likeness (QED) is 0.620. The lowest BCUT2D eigenvalue weighted by molar-refractivity contribution is -0.384. The first-order chi connectivity index (χ1) is 12.4. The molecule has 0 bridgehead atoms. The maximum absolute atomic E-state index is 13.0. The number of benzene rings is 2. The van der Waals surface area contributed by atoms with Crippen molar-refractivity contribution in [3.05, 3.63) is 74.8 Å². The monoisotopic (exact) mass is 395 g/mol. The van der Waals surface area contributed by atoms with Crippen LogP contribution in [0.15, 0.2) is 48.5 Å². The van der Waals surface area contributed by atoms with E-state index >= 15 is 0 Å². The van der Waals surface area contributed by atoms with Gasteiger partial charge < -0.3 is 5.32 Å². The average Bonchev–Trinajstić information content (AvgIpc) is 2.61. The minimum atomic E-state index is -3.66. The molecule has 3 rings (SSSR count). The fourth-order valence-electron chi connectivity index (χ4n) is 3.07. The number of halogens is 1. The zero-order valence-electron chi connectivity index (χ0n) is 13.8. The van der Waals surface area contributed by atoms with Crippen molar-refractivity contribution in [3.63, 3.8) is 0 Å². The summed E-state index contributed by atoms with van der Waals surface area (Å²) < 4.78 is 27.5. The van der Waals surface area contributed by atoms with E-state index in [9.17, 15) is 18.5 Å². The predicted molar refractivity (Wildman–Crippen MR) is 99.5 cm³/mol. The Hall–Kier alpha value is -2.00. The SMILES string of the molecule is O=[N+]([O-])c1cccc(CS(=O)(=O)N2CCNCC2c2cccc(Cl)c2)c1. The van der Waals surface area contributed by atoms with E-state index in [2.05, 4.69) is 5.32 Å². The Morgan fingerprint density at radius 3 is 2.73 bits per heavy atom. The second-order valence-electron chi connectivity index (χ2n) is 6.07. The summed E-state index contributed by atoms with van der Waals surface area (Å²) in [6.45, 7) is 1.36. The number of nitrogens with zero attached hydrogens (tertiary/aromatic N) is 2. The molecule has 1 heterocycles. The van der Waals surface area contributed by atoms with Crippen LogP contribution in [0.25, 0.3) is 0 Å². The third-order valence-electron chi connectivity index (χ3n) is 4.26. The van der Waals surface area contributed by atoms with E-state index in [1.54, 1.807) is 24.3 Å². The Balaban J connectivity index is 1.88. The standard InChI is InChI=1S/C17H18ClN3O4S/c18-15-5-2-4-14(10-15)17-11-19-7-8-20(17)26(24,25)12-13-3-1-6-16(9-13)21(22)23/h1-6,9-10,17,19H,7-8,11-12H2. The molecule has 1 fully saturated rings. The van der Waals surface area contributed by atoms with Crippen LogP contribution in [0, 0.1) is 10.1 Å². The molecule has 1 N–H and O–H groups in total. The van der Waals surface area contributed by atoms with Crippen molar-refractivity contribution in [1.29, 1.82) is 0 Å².